The molecule has 1 aromatic heterocycles. The van der Waals surface area contributed by atoms with Crippen LogP contribution in [0.2, 0.25) is 0 Å². The van der Waals surface area contributed by atoms with Crippen LogP contribution < -0.4 is 10.1 Å². The van der Waals surface area contributed by atoms with E-state index in [9.17, 15) is 0 Å². The van der Waals surface area contributed by atoms with E-state index < -0.39 is 0 Å². The molecule has 1 aromatic carbocycles. The van der Waals surface area contributed by atoms with Crippen LogP contribution in [0.4, 0.5) is 0 Å². The molecular formula is C17H21NO2. The monoisotopic (exact) mass is 271 g/mol. The Hall–Kier alpha value is -1.74. The average Bonchev–Trinajstić information content (AvgIpc) is 3.21. The molecule has 0 saturated heterocycles. The molecule has 1 heterocycles. The number of aryl methyl sites for hydroxylation is 1. The second-order valence-electron chi connectivity index (χ2n) is 5.31. The second kappa shape index (κ2) is 6.14. The highest BCUT2D eigenvalue weighted by molar-refractivity contribution is 5.28. The van der Waals surface area contributed by atoms with Gasteiger partial charge in [-0.3, -0.25) is 0 Å². The first kappa shape index (κ1) is 13.3. The topological polar surface area (TPSA) is 34.4 Å². The Morgan fingerprint density at radius 3 is 2.85 bits per heavy atom. The van der Waals surface area contributed by atoms with Gasteiger partial charge in [-0.1, -0.05) is 19.1 Å². The van der Waals surface area contributed by atoms with Gasteiger partial charge in [0.15, 0.2) is 0 Å². The van der Waals surface area contributed by atoms with Crippen LogP contribution in [0.25, 0.3) is 0 Å². The van der Waals surface area contributed by atoms with Crippen molar-refractivity contribution >= 4 is 0 Å². The van der Waals surface area contributed by atoms with Gasteiger partial charge in [-0.25, -0.2) is 0 Å². The van der Waals surface area contributed by atoms with E-state index in [2.05, 4.69) is 24.4 Å². The molecule has 1 fully saturated rings. The lowest BCUT2D eigenvalue weighted by Crippen LogP contribution is -2.14. The molecular weight excluding hydrogens is 250 g/mol. The first-order chi connectivity index (χ1) is 9.83. The summed E-state index contributed by atoms with van der Waals surface area (Å²) in [5, 5.41) is 3.44. The van der Waals surface area contributed by atoms with E-state index in [1.807, 2.05) is 24.3 Å². The predicted octanol–water partition coefficient (Wildman–Crippen LogP) is 3.67. The molecule has 0 unspecified atom stereocenters. The largest absolute Gasteiger partial charge is 0.486 e. The standard InChI is InChI=1S/C17H21NO2/c1-2-13-4-3-5-15(10-13)19-12-17-9-8-16(20-17)11-18-14-6-7-14/h3-5,8-10,14,18H,2,6-7,11-12H2,1H3. The van der Waals surface area contributed by atoms with E-state index in [1.54, 1.807) is 0 Å². The highest BCUT2D eigenvalue weighted by Gasteiger charge is 2.20. The Bertz CT molecular complexity index is 558. The zero-order chi connectivity index (χ0) is 13.8. The van der Waals surface area contributed by atoms with Gasteiger partial charge in [0.25, 0.3) is 0 Å². The maximum Gasteiger partial charge on any atom is 0.146 e. The number of rotatable bonds is 7. The van der Waals surface area contributed by atoms with Crippen molar-refractivity contribution in [3.63, 3.8) is 0 Å². The Morgan fingerprint density at radius 1 is 1.20 bits per heavy atom. The molecule has 0 spiro atoms. The maximum absolute atomic E-state index is 5.77. The van der Waals surface area contributed by atoms with Crippen LogP contribution in [0.5, 0.6) is 5.75 Å². The second-order valence-corrected chi connectivity index (χ2v) is 5.31. The Kier molecular flexibility index (Phi) is 4.07. The molecule has 1 N–H and O–H groups in total. The molecule has 3 heteroatoms. The molecule has 0 aliphatic heterocycles. The molecule has 3 nitrogen and oxygen atoms in total. The lowest BCUT2D eigenvalue weighted by Gasteiger charge is -2.05. The highest BCUT2D eigenvalue weighted by atomic mass is 16.5. The van der Waals surface area contributed by atoms with Crippen LogP contribution in [0, 0.1) is 0 Å². The van der Waals surface area contributed by atoms with Gasteiger partial charge < -0.3 is 14.5 Å². The summed E-state index contributed by atoms with van der Waals surface area (Å²) in [6.07, 6.45) is 3.61. The van der Waals surface area contributed by atoms with Crippen LogP contribution in [0.1, 0.15) is 36.8 Å². The van der Waals surface area contributed by atoms with Gasteiger partial charge in [-0.2, -0.15) is 0 Å². The Balaban J connectivity index is 1.51. The van der Waals surface area contributed by atoms with Gasteiger partial charge in [0.05, 0.1) is 6.54 Å². The Morgan fingerprint density at radius 2 is 2.05 bits per heavy atom. The van der Waals surface area contributed by atoms with Crippen molar-refractivity contribution in [1.82, 2.24) is 5.32 Å². The maximum atomic E-state index is 5.77. The van der Waals surface area contributed by atoms with Crippen LogP contribution in [0.3, 0.4) is 0 Å². The zero-order valence-electron chi connectivity index (χ0n) is 11.9. The lowest BCUT2D eigenvalue weighted by atomic mass is 10.2. The smallest absolute Gasteiger partial charge is 0.146 e. The summed E-state index contributed by atoms with van der Waals surface area (Å²) in [5.74, 6) is 2.76. The van der Waals surface area contributed by atoms with Crippen LogP contribution in [-0.2, 0) is 19.6 Å². The van der Waals surface area contributed by atoms with Crippen molar-refractivity contribution in [2.24, 2.45) is 0 Å². The lowest BCUT2D eigenvalue weighted by molar-refractivity contribution is 0.265. The van der Waals surface area contributed by atoms with E-state index in [0.717, 1.165) is 30.2 Å². The molecule has 2 aromatic rings. The first-order valence-electron chi connectivity index (χ1n) is 7.36. The minimum absolute atomic E-state index is 0.483. The molecule has 0 bridgehead atoms. The fourth-order valence-corrected chi connectivity index (χ4v) is 2.14. The molecule has 0 amide bonds. The molecule has 0 radical (unpaired) electrons. The van der Waals surface area contributed by atoms with E-state index in [-0.39, 0.29) is 0 Å². The van der Waals surface area contributed by atoms with E-state index in [4.69, 9.17) is 9.15 Å². The Labute approximate surface area is 119 Å². The minimum atomic E-state index is 0.483. The van der Waals surface area contributed by atoms with Crippen LogP contribution in [-0.4, -0.2) is 6.04 Å². The average molecular weight is 271 g/mol. The van der Waals surface area contributed by atoms with E-state index >= 15 is 0 Å². The summed E-state index contributed by atoms with van der Waals surface area (Å²) >= 11 is 0. The number of ether oxygens (including phenoxy) is 1. The summed E-state index contributed by atoms with van der Waals surface area (Å²) in [6, 6.07) is 12.9. The van der Waals surface area contributed by atoms with Gasteiger partial charge in [0, 0.05) is 6.04 Å². The summed E-state index contributed by atoms with van der Waals surface area (Å²) in [4.78, 5) is 0. The van der Waals surface area contributed by atoms with Gasteiger partial charge in [0.1, 0.15) is 23.9 Å². The number of benzene rings is 1. The third-order valence-electron chi connectivity index (χ3n) is 3.55. The van der Waals surface area contributed by atoms with Gasteiger partial charge in [-0.15, -0.1) is 0 Å². The van der Waals surface area contributed by atoms with Crippen molar-refractivity contribution in [2.75, 3.05) is 0 Å². The summed E-state index contributed by atoms with van der Waals surface area (Å²) in [7, 11) is 0. The molecule has 1 aliphatic rings. The number of nitrogens with one attached hydrogen (secondary N) is 1. The van der Waals surface area contributed by atoms with E-state index in [0.29, 0.717) is 12.6 Å². The molecule has 1 saturated carbocycles. The molecule has 106 valence electrons. The van der Waals surface area contributed by atoms with Crippen LogP contribution in [0.15, 0.2) is 40.8 Å². The zero-order valence-corrected chi connectivity index (χ0v) is 11.9. The number of furan rings is 1. The minimum Gasteiger partial charge on any atom is -0.486 e. The van der Waals surface area contributed by atoms with Crippen molar-refractivity contribution in [2.45, 2.75) is 45.4 Å². The van der Waals surface area contributed by atoms with Crippen molar-refractivity contribution in [3.05, 3.63) is 53.5 Å². The molecule has 3 rings (SSSR count). The SMILES string of the molecule is CCc1cccc(OCc2ccc(CNC3CC3)o2)c1. The normalized spacial score (nSPS) is 14.4. The van der Waals surface area contributed by atoms with Gasteiger partial charge in [0.2, 0.25) is 0 Å². The van der Waals surface area contributed by atoms with Crippen molar-refractivity contribution < 1.29 is 9.15 Å². The number of hydrogen-bond acceptors (Lipinski definition) is 3. The molecule has 1 aliphatic carbocycles. The van der Waals surface area contributed by atoms with Gasteiger partial charge in [-0.05, 0) is 49.1 Å². The third-order valence-corrected chi connectivity index (χ3v) is 3.55. The van der Waals surface area contributed by atoms with Crippen molar-refractivity contribution in [1.29, 1.82) is 0 Å². The van der Waals surface area contributed by atoms with E-state index in [1.165, 1.54) is 18.4 Å². The van der Waals surface area contributed by atoms with Gasteiger partial charge >= 0.3 is 0 Å². The third kappa shape index (κ3) is 3.64. The quantitative estimate of drug-likeness (QED) is 0.834. The summed E-state index contributed by atoms with van der Waals surface area (Å²) < 4.78 is 11.5. The molecule has 20 heavy (non-hydrogen) atoms. The number of hydrogen-bond donors (Lipinski definition) is 1. The fraction of sp³-hybridized carbons (Fsp3) is 0.412. The predicted molar refractivity (Wildman–Crippen MR) is 78.7 cm³/mol. The van der Waals surface area contributed by atoms with Crippen molar-refractivity contribution in [3.8, 4) is 5.75 Å². The van der Waals surface area contributed by atoms with Crippen LogP contribution >= 0.6 is 0 Å². The highest BCUT2D eigenvalue weighted by Crippen LogP contribution is 2.20. The molecule has 0 atom stereocenters. The fourth-order valence-electron chi connectivity index (χ4n) is 2.14. The summed E-state index contributed by atoms with van der Waals surface area (Å²) in [5.41, 5.74) is 1.29. The summed E-state index contributed by atoms with van der Waals surface area (Å²) in [6.45, 7) is 3.44. The first-order valence-corrected chi connectivity index (χ1v) is 7.36.